The summed E-state index contributed by atoms with van der Waals surface area (Å²) in [6.45, 7) is 6.45. The minimum absolute atomic E-state index is 0.112. The van der Waals surface area contributed by atoms with Gasteiger partial charge >= 0.3 is 17.9 Å². The Kier molecular flexibility index (Phi) is 42.1. The number of ether oxygens (including phenoxy) is 3. The first kappa shape index (κ1) is 52.9. The Morgan fingerprint density at radius 3 is 1.11 bits per heavy atom. The van der Waals surface area contributed by atoms with Crippen molar-refractivity contribution in [1.29, 1.82) is 0 Å². The topological polar surface area (TPSA) is 78.9 Å². The number of unbranched alkanes of at least 4 members (excludes halogenated alkanes) is 17. The van der Waals surface area contributed by atoms with Crippen molar-refractivity contribution in [3.8, 4) is 0 Å². The van der Waals surface area contributed by atoms with E-state index in [1.165, 1.54) is 83.5 Å². The van der Waals surface area contributed by atoms with Gasteiger partial charge in [-0.15, -0.1) is 0 Å². The van der Waals surface area contributed by atoms with E-state index in [9.17, 15) is 14.4 Å². The summed E-state index contributed by atoms with van der Waals surface area (Å²) < 4.78 is 16.6. The van der Waals surface area contributed by atoms with Gasteiger partial charge in [-0.25, -0.2) is 0 Å². The van der Waals surface area contributed by atoms with Crippen molar-refractivity contribution in [2.75, 3.05) is 13.2 Å². The number of carbonyl (C=O) groups excluding carboxylic acids is 3. The molecule has 320 valence electrons. The Morgan fingerprint density at radius 2 is 0.661 bits per heavy atom. The van der Waals surface area contributed by atoms with Crippen LogP contribution in [0.4, 0.5) is 0 Å². The molecule has 0 radical (unpaired) electrons. The fourth-order valence-electron chi connectivity index (χ4n) is 5.90. The zero-order valence-electron chi connectivity index (χ0n) is 36.4. The number of rotatable bonds is 40. The van der Waals surface area contributed by atoms with E-state index in [0.29, 0.717) is 25.7 Å². The highest BCUT2D eigenvalue weighted by Crippen LogP contribution is 2.12. The van der Waals surface area contributed by atoms with Crippen molar-refractivity contribution in [1.82, 2.24) is 0 Å². The van der Waals surface area contributed by atoms with Crippen LogP contribution in [0.1, 0.15) is 207 Å². The molecule has 1 atom stereocenters. The van der Waals surface area contributed by atoms with Crippen LogP contribution in [0.2, 0.25) is 0 Å². The Morgan fingerprint density at radius 1 is 0.357 bits per heavy atom. The quantitative estimate of drug-likeness (QED) is 0.0267. The van der Waals surface area contributed by atoms with Crippen molar-refractivity contribution in [3.63, 3.8) is 0 Å². The van der Waals surface area contributed by atoms with Crippen LogP contribution < -0.4 is 0 Å². The first-order chi connectivity index (χ1) is 27.5. The van der Waals surface area contributed by atoms with Crippen molar-refractivity contribution in [2.24, 2.45) is 0 Å². The molecule has 0 spiro atoms. The molecule has 0 aliphatic heterocycles. The Hall–Kier alpha value is -3.15. The molecule has 0 bridgehead atoms. The lowest BCUT2D eigenvalue weighted by Crippen LogP contribution is -2.30. The molecule has 6 nitrogen and oxygen atoms in total. The highest BCUT2D eigenvalue weighted by molar-refractivity contribution is 5.71. The van der Waals surface area contributed by atoms with E-state index in [1.54, 1.807) is 0 Å². The fraction of sp³-hybridized carbons (Fsp3) is 0.700. The summed E-state index contributed by atoms with van der Waals surface area (Å²) in [6, 6.07) is 0. The van der Waals surface area contributed by atoms with Gasteiger partial charge in [0, 0.05) is 19.3 Å². The van der Waals surface area contributed by atoms with Gasteiger partial charge in [-0.1, -0.05) is 158 Å². The van der Waals surface area contributed by atoms with Gasteiger partial charge in [-0.05, 0) is 103 Å². The van der Waals surface area contributed by atoms with Crippen molar-refractivity contribution >= 4 is 17.9 Å². The van der Waals surface area contributed by atoms with Gasteiger partial charge < -0.3 is 14.2 Å². The SMILES string of the molecule is CCCCC/C=C\C/C=C\C/C=C\C/C=C\CCCC(=O)OCC(COC(=O)CCC/C=C\CCCCCC)OC(=O)CCCCCCC/C=C\CCCCC. The molecule has 1 unspecified atom stereocenters. The Balaban J connectivity index is 4.48. The zero-order valence-corrected chi connectivity index (χ0v) is 36.4. The molecule has 0 heterocycles. The first-order valence-electron chi connectivity index (χ1n) is 22.9. The average molecular weight is 781 g/mol. The van der Waals surface area contributed by atoms with E-state index >= 15 is 0 Å². The van der Waals surface area contributed by atoms with Gasteiger partial charge in [0.25, 0.3) is 0 Å². The lowest BCUT2D eigenvalue weighted by Gasteiger charge is -2.18. The lowest BCUT2D eigenvalue weighted by molar-refractivity contribution is -0.167. The molecule has 6 heteroatoms. The lowest BCUT2D eigenvalue weighted by atomic mass is 10.1. The molecule has 0 aromatic carbocycles. The van der Waals surface area contributed by atoms with E-state index in [2.05, 4.69) is 93.7 Å². The molecule has 0 N–H and O–H groups in total. The van der Waals surface area contributed by atoms with E-state index in [4.69, 9.17) is 14.2 Å². The zero-order chi connectivity index (χ0) is 40.8. The summed E-state index contributed by atoms with van der Waals surface area (Å²) in [5.41, 5.74) is 0. The summed E-state index contributed by atoms with van der Waals surface area (Å²) in [5.74, 6) is -1.02. The van der Waals surface area contributed by atoms with Gasteiger partial charge in [0.1, 0.15) is 13.2 Å². The van der Waals surface area contributed by atoms with Crippen LogP contribution in [-0.2, 0) is 28.6 Å². The van der Waals surface area contributed by atoms with Crippen LogP contribution in [0, 0.1) is 0 Å². The number of hydrogen-bond donors (Lipinski definition) is 0. The summed E-state index contributed by atoms with van der Waals surface area (Å²) in [4.78, 5) is 37.6. The highest BCUT2D eigenvalue weighted by Gasteiger charge is 2.19. The molecular weight excluding hydrogens is 697 g/mol. The van der Waals surface area contributed by atoms with Gasteiger partial charge in [0.05, 0.1) is 0 Å². The van der Waals surface area contributed by atoms with Gasteiger partial charge in [0.2, 0.25) is 0 Å². The summed E-state index contributed by atoms with van der Waals surface area (Å²) in [7, 11) is 0. The molecular formula is C50H84O6. The molecule has 0 rings (SSSR count). The maximum absolute atomic E-state index is 12.7. The normalized spacial score (nSPS) is 12.7. The number of esters is 3. The van der Waals surface area contributed by atoms with Crippen molar-refractivity contribution in [3.05, 3.63) is 72.9 Å². The van der Waals surface area contributed by atoms with Crippen molar-refractivity contribution < 1.29 is 28.6 Å². The van der Waals surface area contributed by atoms with Crippen LogP contribution in [-0.4, -0.2) is 37.2 Å². The molecule has 0 aliphatic carbocycles. The number of hydrogen-bond acceptors (Lipinski definition) is 6. The first-order valence-corrected chi connectivity index (χ1v) is 22.9. The second-order valence-corrected chi connectivity index (χ2v) is 14.9. The highest BCUT2D eigenvalue weighted by atomic mass is 16.6. The van der Waals surface area contributed by atoms with E-state index in [1.807, 2.05) is 0 Å². The fourth-order valence-corrected chi connectivity index (χ4v) is 5.90. The molecule has 0 saturated heterocycles. The molecule has 0 aromatic heterocycles. The molecule has 0 aliphatic rings. The van der Waals surface area contributed by atoms with Crippen LogP contribution >= 0.6 is 0 Å². The van der Waals surface area contributed by atoms with E-state index < -0.39 is 6.10 Å². The molecule has 0 saturated carbocycles. The predicted molar refractivity (Wildman–Crippen MR) is 238 cm³/mol. The van der Waals surface area contributed by atoms with Crippen LogP contribution in [0.3, 0.4) is 0 Å². The molecule has 56 heavy (non-hydrogen) atoms. The van der Waals surface area contributed by atoms with Gasteiger partial charge in [-0.3, -0.25) is 14.4 Å². The summed E-state index contributed by atoms with van der Waals surface area (Å²) >= 11 is 0. The minimum Gasteiger partial charge on any atom is -0.462 e. The minimum atomic E-state index is -0.809. The predicted octanol–water partition coefficient (Wildman–Crippen LogP) is 14.7. The third-order valence-electron chi connectivity index (χ3n) is 9.40. The third kappa shape index (κ3) is 42.0. The molecule has 0 fully saturated rings. The Bertz CT molecular complexity index is 1080. The van der Waals surface area contributed by atoms with E-state index in [0.717, 1.165) is 70.6 Å². The second kappa shape index (κ2) is 44.6. The number of allylic oxidation sites excluding steroid dienone is 12. The standard InChI is InChI=1S/C50H84O6/c1-4-7-10-13-16-19-21-23-24-25-26-27-29-31-34-37-40-43-49(52)55-46-47(45-54-48(51)42-39-36-33-30-18-15-12-9-6-3)56-50(53)44-41-38-35-32-28-22-20-17-14-11-8-5-2/h16-17,19-20,23-24,26-27,30-31,33-34,47H,4-15,18,21-22,25,28-29,32,35-46H2,1-3H3/b19-16-,20-17-,24-23-,27-26-,33-30-,34-31-. The molecule has 0 amide bonds. The monoisotopic (exact) mass is 781 g/mol. The smallest absolute Gasteiger partial charge is 0.306 e. The second-order valence-electron chi connectivity index (χ2n) is 14.9. The maximum atomic E-state index is 12.7. The van der Waals surface area contributed by atoms with Crippen molar-refractivity contribution in [2.45, 2.75) is 213 Å². The largest absolute Gasteiger partial charge is 0.462 e. The molecule has 0 aromatic rings. The van der Waals surface area contributed by atoms with Gasteiger partial charge in [-0.2, -0.15) is 0 Å². The summed E-state index contributed by atoms with van der Waals surface area (Å²) in [5, 5.41) is 0. The summed E-state index contributed by atoms with van der Waals surface area (Å²) in [6.07, 6.45) is 54.7. The van der Waals surface area contributed by atoms with Crippen LogP contribution in [0.5, 0.6) is 0 Å². The van der Waals surface area contributed by atoms with Gasteiger partial charge in [0.15, 0.2) is 6.10 Å². The van der Waals surface area contributed by atoms with E-state index in [-0.39, 0.29) is 37.5 Å². The average Bonchev–Trinajstić information content (AvgIpc) is 3.19. The van der Waals surface area contributed by atoms with Crippen LogP contribution in [0.25, 0.3) is 0 Å². The van der Waals surface area contributed by atoms with Crippen LogP contribution in [0.15, 0.2) is 72.9 Å². The Labute approximate surface area is 344 Å². The third-order valence-corrected chi connectivity index (χ3v) is 9.40. The maximum Gasteiger partial charge on any atom is 0.306 e. The number of carbonyl (C=O) groups is 3.